The summed E-state index contributed by atoms with van der Waals surface area (Å²) >= 11 is 0. The number of ketones is 1. The molecule has 0 atom stereocenters. The Labute approximate surface area is 160 Å². The Kier molecular flexibility index (Phi) is 4.85. The van der Waals surface area contributed by atoms with Crippen LogP contribution in [-0.4, -0.2) is 23.8 Å². The van der Waals surface area contributed by atoms with Gasteiger partial charge in [-0.1, -0.05) is 39.8 Å². The maximum absolute atomic E-state index is 12.6. The summed E-state index contributed by atoms with van der Waals surface area (Å²) in [6.45, 7) is 8.83. The van der Waals surface area contributed by atoms with Gasteiger partial charge < -0.3 is 9.84 Å². The Morgan fingerprint density at radius 2 is 1.70 bits per heavy atom. The van der Waals surface area contributed by atoms with Crippen molar-refractivity contribution >= 4 is 12.1 Å². The molecule has 0 spiro atoms. The van der Waals surface area contributed by atoms with Gasteiger partial charge in [-0.2, -0.15) is 0 Å². The van der Waals surface area contributed by atoms with E-state index in [1.54, 1.807) is 6.07 Å². The molecule has 27 heavy (non-hydrogen) atoms. The fraction of sp³-hybridized carbons (Fsp3) is 0.391. The molecule has 1 N–H and O–H groups in total. The van der Waals surface area contributed by atoms with Crippen molar-refractivity contribution in [3.63, 3.8) is 0 Å². The number of phenolic OH excluding ortho intramolecular Hbond substituents is 1. The average molecular weight is 366 g/mol. The van der Waals surface area contributed by atoms with Gasteiger partial charge in [0.1, 0.15) is 11.5 Å². The van der Waals surface area contributed by atoms with Crippen LogP contribution >= 0.6 is 0 Å². The monoisotopic (exact) mass is 366 g/mol. The summed E-state index contributed by atoms with van der Waals surface area (Å²) in [5.41, 5.74) is 3.52. The number of phenols is 1. The third-order valence-electron chi connectivity index (χ3n) is 5.67. The van der Waals surface area contributed by atoms with E-state index < -0.39 is 0 Å². The van der Waals surface area contributed by atoms with Crippen molar-refractivity contribution in [1.82, 2.24) is 0 Å². The summed E-state index contributed by atoms with van der Waals surface area (Å²) in [7, 11) is 0. The van der Waals surface area contributed by atoms with E-state index in [2.05, 4.69) is 33.8 Å². The molecule has 1 aliphatic carbocycles. The van der Waals surface area contributed by atoms with Crippen LogP contribution in [0.4, 0.5) is 0 Å². The van der Waals surface area contributed by atoms with Gasteiger partial charge >= 0.3 is 0 Å². The first-order valence-electron chi connectivity index (χ1n) is 9.23. The van der Waals surface area contributed by atoms with Crippen LogP contribution in [-0.2, 0) is 10.8 Å². The van der Waals surface area contributed by atoms with Gasteiger partial charge in [-0.15, -0.1) is 0 Å². The van der Waals surface area contributed by atoms with Crippen LogP contribution in [0.15, 0.2) is 36.4 Å². The Balaban J connectivity index is 1.80. The maximum Gasteiger partial charge on any atom is 0.200 e. The molecule has 0 aliphatic heterocycles. The number of carbonyl (C=O) groups is 2. The molecule has 4 nitrogen and oxygen atoms in total. The molecule has 0 aromatic heterocycles. The number of fused-ring (bicyclic) bond motifs is 1. The molecule has 0 saturated heterocycles. The van der Waals surface area contributed by atoms with Crippen LogP contribution < -0.4 is 4.74 Å². The Hall–Kier alpha value is -2.62. The van der Waals surface area contributed by atoms with Crippen LogP contribution in [0.5, 0.6) is 11.5 Å². The lowest BCUT2D eigenvalue weighted by atomic mass is 9.63. The second kappa shape index (κ2) is 6.84. The van der Waals surface area contributed by atoms with Crippen molar-refractivity contribution in [1.29, 1.82) is 0 Å². The van der Waals surface area contributed by atoms with Gasteiger partial charge in [0.05, 0.1) is 5.56 Å². The van der Waals surface area contributed by atoms with Gasteiger partial charge in [0.2, 0.25) is 0 Å². The number of aromatic hydroxyl groups is 1. The summed E-state index contributed by atoms with van der Waals surface area (Å²) < 4.78 is 5.51. The highest BCUT2D eigenvalue weighted by atomic mass is 16.5. The first kappa shape index (κ1) is 19.2. The molecule has 2 aromatic carbocycles. The highest BCUT2D eigenvalue weighted by molar-refractivity contribution is 5.97. The molecule has 0 heterocycles. The van der Waals surface area contributed by atoms with Crippen LogP contribution in [0.3, 0.4) is 0 Å². The van der Waals surface area contributed by atoms with E-state index in [4.69, 9.17) is 4.74 Å². The normalized spacial score (nSPS) is 17.0. The van der Waals surface area contributed by atoms with E-state index in [1.165, 1.54) is 23.3 Å². The summed E-state index contributed by atoms with van der Waals surface area (Å²) in [6, 6.07) is 10.3. The van der Waals surface area contributed by atoms with Gasteiger partial charge in [-0.05, 0) is 53.0 Å². The van der Waals surface area contributed by atoms with Crippen molar-refractivity contribution in [3.8, 4) is 11.5 Å². The molecule has 4 heteroatoms. The second-order valence-corrected chi connectivity index (χ2v) is 8.58. The Bertz CT molecular complexity index is 893. The van der Waals surface area contributed by atoms with Crippen molar-refractivity contribution in [2.45, 2.75) is 51.4 Å². The Morgan fingerprint density at radius 1 is 1.04 bits per heavy atom. The summed E-state index contributed by atoms with van der Waals surface area (Å²) in [5.74, 6) is 0.0783. The number of Topliss-reactive ketones (excluding diaryl/α,β-unsaturated/α-hetero) is 1. The molecule has 0 unspecified atom stereocenters. The molecular formula is C23H26O4. The third-order valence-corrected chi connectivity index (χ3v) is 5.67. The SMILES string of the molecule is CC1(C)CCC(C)(C)c2cc(C(=O)COc3ccc(C=O)c(O)c3)ccc21. The first-order chi connectivity index (χ1) is 12.6. The average Bonchev–Trinajstić information content (AvgIpc) is 2.63. The number of ether oxygens (including phenoxy) is 1. The van der Waals surface area contributed by atoms with Crippen molar-refractivity contribution in [2.24, 2.45) is 0 Å². The zero-order valence-electron chi connectivity index (χ0n) is 16.3. The summed E-state index contributed by atoms with van der Waals surface area (Å²) in [6.07, 6.45) is 2.79. The first-order valence-corrected chi connectivity index (χ1v) is 9.23. The minimum Gasteiger partial charge on any atom is -0.507 e. The number of benzene rings is 2. The molecule has 0 bridgehead atoms. The van der Waals surface area contributed by atoms with E-state index in [9.17, 15) is 14.7 Å². The zero-order chi connectivity index (χ0) is 19.8. The molecule has 0 saturated carbocycles. The van der Waals surface area contributed by atoms with Gasteiger partial charge in [-0.25, -0.2) is 0 Å². The van der Waals surface area contributed by atoms with Crippen LogP contribution in [0.25, 0.3) is 0 Å². The maximum atomic E-state index is 12.6. The van der Waals surface area contributed by atoms with Crippen molar-refractivity contribution in [3.05, 3.63) is 58.7 Å². The number of hydrogen-bond donors (Lipinski definition) is 1. The number of aldehydes is 1. The molecule has 0 fully saturated rings. The molecule has 3 rings (SSSR count). The topological polar surface area (TPSA) is 63.6 Å². The fourth-order valence-corrected chi connectivity index (χ4v) is 3.71. The highest BCUT2D eigenvalue weighted by Gasteiger charge is 2.37. The molecular weight excluding hydrogens is 340 g/mol. The van der Waals surface area contributed by atoms with Crippen LogP contribution in [0.2, 0.25) is 0 Å². The third kappa shape index (κ3) is 3.75. The quantitative estimate of drug-likeness (QED) is 0.609. The van der Waals surface area contributed by atoms with E-state index in [1.807, 2.05) is 12.1 Å². The Morgan fingerprint density at radius 3 is 2.33 bits per heavy atom. The lowest BCUT2D eigenvalue weighted by molar-refractivity contribution is 0.0920. The van der Waals surface area contributed by atoms with Crippen LogP contribution in [0.1, 0.15) is 72.4 Å². The molecule has 0 amide bonds. The minimum atomic E-state index is -0.160. The molecule has 0 radical (unpaired) electrons. The second-order valence-electron chi connectivity index (χ2n) is 8.58. The predicted molar refractivity (Wildman–Crippen MR) is 105 cm³/mol. The van der Waals surface area contributed by atoms with E-state index in [-0.39, 0.29) is 34.5 Å². The number of carbonyl (C=O) groups excluding carboxylic acids is 2. The molecule has 142 valence electrons. The van der Waals surface area contributed by atoms with Crippen molar-refractivity contribution in [2.75, 3.05) is 6.61 Å². The van der Waals surface area contributed by atoms with E-state index in [0.29, 0.717) is 17.6 Å². The standard InChI is InChI=1S/C23H26O4/c1-22(2)9-10-23(3,4)19-11-15(6-8-18(19)22)21(26)14-27-17-7-5-16(13-24)20(25)12-17/h5-8,11-13,25H,9-10,14H2,1-4H3. The smallest absolute Gasteiger partial charge is 0.200 e. The summed E-state index contributed by atoms with van der Waals surface area (Å²) in [5, 5.41) is 9.72. The van der Waals surface area contributed by atoms with E-state index in [0.717, 1.165) is 12.8 Å². The van der Waals surface area contributed by atoms with Gasteiger partial charge in [0.15, 0.2) is 18.7 Å². The predicted octanol–water partition coefficient (Wildman–Crippen LogP) is 4.82. The van der Waals surface area contributed by atoms with Gasteiger partial charge in [0, 0.05) is 11.6 Å². The minimum absolute atomic E-state index is 0.0401. The lowest BCUT2D eigenvalue weighted by Gasteiger charge is -2.42. The van der Waals surface area contributed by atoms with Gasteiger partial charge in [0.25, 0.3) is 0 Å². The van der Waals surface area contributed by atoms with Crippen LogP contribution in [0, 0.1) is 0 Å². The number of rotatable bonds is 5. The number of hydrogen-bond acceptors (Lipinski definition) is 4. The van der Waals surface area contributed by atoms with Crippen molar-refractivity contribution < 1.29 is 19.4 Å². The summed E-state index contributed by atoms with van der Waals surface area (Å²) in [4.78, 5) is 23.4. The lowest BCUT2D eigenvalue weighted by Crippen LogP contribution is -2.34. The zero-order valence-corrected chi connectivity index (χ0v) is 16.3. The fourth-order valence-electron chi connectivity index (χ4n) is 3.71. The highest BCUT2D eigenvalue weighted by Crippen LogP contribution is 2.45. The van der Waals surface area contributed by atoms with Gasteiger partial charge in [-0.3, -0.25) is 9.59 Å². The van der Waals surface area contributed by atoms with E-state index >= 15 is 0 Å². The largest absolute Gasteiger partial charge is 0.507 e. The molecule has 2 aromatic rings. The molecule has 1 aliphatic rings.